The zero-order valence-electron chi connectivity index (χ0n) is 13.5. The smallest absolute Gasteiger partial charge is 0.314 e. The number of carbonyl (C=O) groups is 1. The first-order valence-electron chi connectivity index (χ1n) is 7.79. The number of carboxylic acid groups (broad SMARTS) is 1. The number of hydrogen-bond acceptors (Lipinski definition) is 5. The molecular formula is C17H22O6. The van der Waals surface area contributed by atoms with E-state index in [1.165, 1.54) is 0 Å². The van der Waals surface area contributed by atoms with Gasteiger partial charge in [0.1, 0.15) is 0 Å². The number of methoxy groups -OCH3 is 2. The van der Waals surface area contributed by atoms with E-state index in [1.807, 2.05) is 6.07 Å². The summed E-state index contributed by atoms with van der Waals surface area (Å²) >= 11 is 0. The van der Waals surface area contributed by atoms with Crippen LogP contribution in [0.3, 0.4) is 0 Å². The molecule has 1 aromatic carbocycles. The zero-order valence-corrected chi connectivity index (χ0v) is 13.5. The van der Waals surface area contributed by atoms with Crippen molar-refractivity contribution < 1.29 is 28.8 Å². The van der Waals surface area contributed by atoms with E-state index in [9.17, 15) is 9.90 Å². The number of carboxylic acids is 1. The molecule has 1 saturated heterocycles. The lowest BCUT2D eigenvalue weighted by Crippen LogP contribution is -2.46. The maximum absolute atomic E-state index is 12.1. The SMILES string of the molecule is COc1ccc(C2(C(=O)O)CCC3(CC2)OCCO3)cc1OC. The Labute approximate surface area is 135 Å². The molecule has 23 heavy (non-hydrogen) atoms. The van der Waals surface area contributed by atoms with Crippen molar-refractivity contribution in [2.24, 2.45) is 0 Å². The van der Waals surface area contributed by atoms with Gasteiger partial charge in [0.15, 0.2) is 17.3 Å². The van der Waals surface area contributed by atoms with E-state index in [-0.39, 0.29) is 0 Å². The minimum absolute atomic E-state index is 0.470. The predicted molar refractivity (Wildman–Crippen MR) is 82.0 cm³/mol. The van der Waals surface area contributed by atoms with Gasteiger partial charge < -0.3 is 24.1 Å². The Bertz CT molecular complexity index is 581. The average molecular weight is 322 g/mol. The monoisotopic (exact) mass is 322 g/mol. The maximum Gasteiger partial charge on any atom is 0.314 e. The van der Waals surface area contributed by atoms with Crippen LogP contribution < -0.4 is 9.47 Å². The van der Waals surface area contributed by atoms with E-state index in [0.29, 0.717) is 50.4 Å². The van der Waals surface area contributed by atoms with Crippen molar-refractivity contribution in [1.29, 1.82) is 0 Å². The Morgan fingerprint density at radius 3 is 2.17 bits per heavy atom. The van der Waals surface area contributed by atoms with Crippen molar-refractivity contribution in [3.05, 3.63) is 23.8 Å². The average Bonchev–Trinajstić information content (AvgIpc) is 3.03. The first kappa shape index (κ1) is 16.1. The summed E-state index contributed by atoms with van der Waals surface area (Å²) in [6.45, 7) is 1.16. The third-order valence-corrected chi connectivity index (χ3v) is 5.02. The van der Waals surface area contributed by atoms with Gasteiger partial charge in [-0.15, -0.1) is 0 Å². The second-order valence-corrected chi connectivity index (χ2v) is 6.06. The van der Waals surface area contributed by atoms with Gasteiger partial charge in [0, 0.05) is 12.8 Å². The van der Waals surface area contributed by atoms with Crippen LogP contribution in [-0.2, 0) is 19.7 Å². The van der Waals surface area contributed by atoms with E-state index in [2.05, 4.69) is 0 Å². The lowest BCUT2D eigenvalue weighted by Gasteiger charge is -2.41. The number of benzene rings is 1. The lowest BCUT2D eigenvalue weighted by molar-refractivity contribution is -0.189. The van der Waals surface area contributed by atoms with Crippen LogP contribution in [0.2, 0.25) is 0 Å². The van der Waals surface area contributed by atoms with Crippen LogP contribution in [0.5, 0.6) is 11.5 Å². The van der Waals surface area contributed by atoms with E-state index in [0.717, 1.165) is 5.56 Å². The number of ether oxygens (including phenoxy) is 4. The van der Waals surface area contributed by atoms with Crippen LogP contribution in [0.1, 0.15) is 31.2 Å². The minimum Gasteiger partial charge on any atom is -0.493 e. The van der Waals surface area contributed by atoms with Gasteiger partial charge in [-0.25, -0.2) is 0 Å². The fourth-order valence-electron chi connectivity index (χ4n) is 3.60. The lowest BCUT2D eigenvalue weighted by atomic mass is 9.67. The molecule has 0 radical (unpaired) electrons. The van der Waals surface area contributed by atoms with Crippen LogP contribution in [0.25, 0.3) is 0 Å². The molecule has 3 rings (SSSR count). The molecule has 6 nitrogen and oxygen atoms in total. The van der Waals surface area contributed by atoms with Gasteiger partial charge in [0.05, 0.1) is 32.8 Å². The highest BCUT2D eigenvalue weighted by molar-refractivity contribution is 5.82. The second-order valence-electron chi connectivity index (χ2n) is 6.06. The molecule has 126 valence electrons. The number of rotatable bonds is 4. The molecule has 2 fully saturated rings. The number of aliphatic carboxylic acids is 1. The third-order valence-electron chi connectivity index (χ3n) is 5.02. The molecule has 1 aromatic rings. The van der Waals surface area contributed by atoms with Gasteiger partial charge in [0.25, 0.3) is 0 Å². The molecule has 0 unspecified atom stereocenters. The fourth-order valence-corrected chi connectivity index (χ4v) is 3.60. The van der Waals surface area contributed by atoms with Gasteiger partial charge in [-0.3, -0.25) is 4.79 Å². The normalized spacial score (nSPS) is 22.0. The van der Waals surface area contributed by atoms with E-state index in [1.54, 1.807) is 26.4 Å². The molecule has 1 heterocycles. The van der Waals surface area contributed by atoms with Crippen LogP contribution in [-0.4, -0.2) is 44.3 Å². The minimum atomic E-state index is -0.944. The van der Waals surface area contributed by atoms with Crippen molar-refractivity contribution in [3.63, 3.8) is 0 Å². The summed E-state index contributed by atoms with van der Waals surface area (Å²) in [5, 5.41) is 9.91. The Balaban J connectivity index is 1.92. The molecule has 2 aliphatic rings. The van der Waals surface area contributed by atoms with E-state index in [4.69, 9.17) is 18.9 Å². The maximum atomic E-state index is 12.1. The van der Waals surface area contributed by atoms with Crippen LogP contribution in [0.15, 0.2) is 18.2 Å². The number of hydrogen-bond donors (Lipinski definition) is 1. The van der Waals surface area contributed by atoms with Gasteiger partial charge in [0.2, 0.25) is 0 Å². The van der Waals surface area contributed by atoms with Crippen molar-refractivity contribution in [3.8, 4) is 11.5 Å². The summed E-state index contributed by atoms with van der Waals surface area (Å²) in [6.07, 6.45) is 2.09. The predicted octanol–water partition coefficient (Wildman–Crippen LogP) is 2.34. The molecule has 1 aliphatic carbocycles. The highest BCUT2D eigenvalue weighted by Crippen LogP contribution is 2.47. The second kappa shape index (κ2) is 6.02. The summed E-state index contributed by atoms with van der Waals surface area (Å²) in [5.41, 5.74) is -0.212. The molecule has 1 saturated carbocycles. The highest BCUT2D eigenvalue weighted by Gasteiger charge is 2.51. The van der Waals surface area contributed by atoms with Gasteiger partial charge in [-0.05, 0) is 30.5 Å². The third kappa shape index (κ3) is 2.66. The zero-order chi connectivity index (χ0) is 16.5. The van der Waals surface area contributed by atoms with Crippen molar-refractivity contribution in [2.45, 2.75) is 36.9 Å². The first-order valence-corrected chi connectivity index (χ1v) is 7.79. The summed E-state index contributed by atoms with van der Waals surface area (Å²) in [4.78, 5) is 12.1. The van der Waals surface area contributed by atoms with E-state index >= 15 is 0 Å². The van der Waals surface area contributed by atoms with Gasteiger partial charge in [-0.2, -0.15) is 0 Å². The van der Waals surface area contributed by atoms with Crippen molar-refractivity contribution in [2.75, 3.05) is 27.4 Å². The molecule has 0 aromatic heterocycles. The standard InChI is InChI=1S/C17H22O6/c1-20-13-4-3-12(11-14(13)21-2)16(15(18)19)5-7-17(8-6-16)22-9-10-23-17/h3-4,11H,5-10H2,1-2H3,(H,18,19). The summed E-state index contributed by atoms with van der Waals surface area (Å²) < 4.78 is 22.0. The molecule has 0 bridgehead atoms. The van der Waals surface area contributed by atoms with Gasteiger partial charge >= 0.3 is 5.97 Å². The first-order chi connectivity index (χ1) is 11.1. The van der Waals surface area contributed by atoms with Crippen LogP contribution >= 0.6 is 0 Å². The Morgan fingerprint density at radius 1 is 1.04 bits per heavy atom. The Morgan fingerprint density at radius 2 is 1.65 bits per heavy atom. The Kier molecular flexibility index (Phi) is 4.21. The highest BCUT2D eigenvalue weighted by atomic mass is 16.7. The molecule has 0 atom stereocenters. The molecule has 6 heteroatoms. The molecule has 1 spiro atoms. The van der Waals surface area contributed by atoms with Crippen LogP contribution in [0, 0.1) is 0 Å². The fraction of sp³-hybridized carbons (Fsp3) is 0.588. The summed E-state index contributed by atoms with van der Waals surface area (Å²) in [5.74, 6) is -0.279. The Hall–Kier alpha value is -1.79. The van der Waals surface area contributed by atoms with E-state index < -0.39 is 17.2 Å². The van der Waals surface area contributed by atoms with Crippen molar-refractivity contribution in [1.82, 2.24) is 0 Å². The topological polar surface area (TPSA) is 74.2 Å². The molecule has 0 amide bonds. The quantitative estimate of drug-likeness (QED) is 0.917. The van der Waals surface area contributed by atoms with Crippen molar-refractivity contribution >= 4 is 5.97 Å². The summed E-state index contributed by atoms with van der Waals surface area (Å²) in [7, 11) is 3.11. The largest absolute Gasteiger partial charge is 0.493 e. The molecular weight excluding hydrogens is 300 g/mol. The molecule has 1 N–H and O–H groups in total. The summed E-state index contributed by atoms with van der Waals surface area (Å²) in [6, 6.07) is 5.33. The van der Waals surface area contributed by atoms with Crippen LogP contribution in [0.4, 0.5) is 0 Å². The van der Waals surface area contributed by atoms with Gasteiger partial charge in [-0.1, -0.05) is 6.07 Å². The molecule has 1 aliphatic heterocycles.